The first-order chi connectivity index (χ1) is 9.40. The van der Waals surface area contributed by atoms with E-state index in [0.717, 1.165) is 0 Å². The van der Waals surface area contributed by atoms with Crippen LogP contribution in [0.2, 0.25) is 10.0 Å². The Bertz CT molecular complexity index is 436. The van der Waals surface area contributed by atoms with Crippen LogP contribution >= 0.6 is 42.1 Å². The van der Waals surface area contributed by atoms with Gasteiger partial charge in [-0.25, -0.2) is 0 Å². The number of aliphatic hydroxyl groups is 2. The molecule has 1 aromatic rings. The van der Waals surface area contributed by atoms with Crippen LogP contribution in [0.4, 0.5) is 0 Å². The van der Waals surface area contributed by atoms with E-state index < -0.39 is 18.5 Å². The fourth-order valence-corrected chi connectivity index (χ4v) is 2.77. The summed E-state index contributed by atoms with van der Waals surface area (Å²) in [4.78, 5) is 0. The Kier molecular flexibility index (Phi) is 8.18. The molecule has 1 aromatic carbocycles. The largest absolute Gasteiger partial charge is 0.388 e. The van der Waals surface area contributed by atoms with E-state index in [1.54, 1.807) is 18.2 Å². The van der Waals surface area contributed by atoms with Gasteiger partial charge < -0.3 is 19.3 Å². The molecule has 0 spiro atoms. The Morgan fingerprint density at radius 2 is 1.80 bits per heavy atom. The van der Waals surface area contributed by atoms with Gasteiger partial charge in [0.2, 0.25) is 0 Å². The molecule has 0 amide bonds. The van der Waals surface area contributed by atoms with Crippen LogP contribution < -0.4 is 0 Å². The molecule has 0 bridgehead atoms. The number of halogens is 2. The van der Waals surface area contributed by atoms with Crippen LogP contribution in [0.5, 0.6) is 0 Å². The number of hydrogen-bond donors (Lipinski definition) is 2. The van der Waals surface area contributed by atoms with E-state index in [9.17, 15) is 10.2 Å². The SMILES string of the molecule is C[C@@H](CC(O)c1ccc(Cl)c(Cl)c1)C(OP)C(O)OP. The molecule has 4 nitrogen and oxygen atoms in total. The molecule has 6 atom stereocenters. The maximum absolute atomic E-state index is 10.2. The lowest BCUT2D eigenvalue weighted by atomic mass is 9.93. The Balaban J connectivity index is 2.73. The van der Waals surface area contributed by atoms with E-state index >= 15 is 0 Å². The quantitative estimate of drug-likeness (QED) is 0.579. The molecule has 0 aliphatic carbocycles. The summed E-state index contributed by atoms with van der Waals surface area (Å²) in [6, 6.07) is 4.97. The van der Waals surface area contributed by atoms with Gasteiger partial charge in [0.05, 0.1) is 16.1 Å². The highest BCUT2D eigenvalue weighted by Gasteiger charge is 2.27. The van der Waals surface area contributed by atoms with Crippen molar-refractivity contribution in [3.05, 3.63) is 33.8 Å². The van der Waals surface area contributed by atoms with Crippen molar-refractivity contribution in [3.8, 4) is 0 Å². The summed E-state index contributed by atoms with van der Waals surface area (Å²) < 4.78 is 9.87. The van der Waals surface area contributed by atoms with Crippen LogP contribution in [0.3, 0.4) is 0 Å². The Morgan fingerprint density at radius 1 is 1.15 bits per heavy atom. The first kappa shape index (κ1) is 18.5. The summed E-state index contributed by atoms with van der Waals surface area (Å²) in [7, 11) is 4.08. The zero-order valence-electron chi connectivity index (χ0n) is 10.9. The number of hydrogen-bond acceptors (Lipinski definition) is 4. The minimum Gasteiger partial charge on any atom is -0.388 e. The first-order valence-electron chi connectivity index (χ1n) is 5.92. The average Bonchev–Trinajstić information content (AvgIpc) is 2.42. The molecule has 114 valence electrons. The van der Waals surface area contributed by atoms with Gasteiger partial charge in [-0.2, -0.15) is 0 Å². The highest BCUT2D eigenvalue weighted by Crippen LogP contribution is 2.30. The zero-order valence-corrected chi connectivity index (χ0v) is 14.7. The molecule has 5 unspecified atom stereocenters. The fraction of sp³-hybridized carbons (Fsp3) is 0.500. The molecular weight excluding hydrogens is 341 g/mol. The van der Waals surface area contributed by atoms with Crippen molar-refractivity contribution in [1.29, 1.82) is 0 Å². The maximum atomic E-state index is 10.2. The van der Waals surface area contributed by atoms with Gasteiger partial charge >= 0.3 is 0 Å². The lowest BCUT2D eigenvalue weighted by Gasteiger charge is -2.27. The van der Waals surface area contributed by atoms with Gasteiger partial charge in [-0.1, -0.05) is 36.2 Å². The van der Waals surface area contributed by atoms with Crippen molar-refractivity contribution in [1.82, 2.24) is 0 Å². The predicted octanol–water partition coefficient (Wildman–Crippen LogP) is 3.35. The third-order valence-electron chi connectivity index (χ3n) is 3.06. The molecule has 0 radical (unpaired) electrons. The molecule has 1 rings (SSSR count). The summed E-state index contributed by atoms with van der Waals surface area (Å²) in [5.74, 6) is -0.146. The number of benzene rings is 1. The Labute approximate surface area is 133 Å². The fourth-order valence-electron chi connectivity index (χ4n) is 1.90. The van der Waals surface area contributed by atoms with Crippen molar-refractivity contribution in [2.75, 3.05) is 0 Å². The minimum atomic E-state index is -1.09. The summed E-state index contributed by atoms with van der Waals surface area (Å²) in [6.45, 7) is 1.85. The standard InChI is InChI=1S/C12H18Cl2O4P2/c1-6(11(17-19)12(16)18-20)4-10(15)7-2-3-8(13)9(14)5-7/h2-3,5-6,10-12,15-16H,4,19-20H2,1H3/t6-,10?,11?,12?/m0/s1. The highest BCUT2D eigenvalue weighted by molar-refractivity contribution is 7.10. The van der Waals surface area contributed by atoms with Crippen LogP contribution in [0.1, 0.15) is 25.0 Å². The van der Waals surface area contributed by atoms with E-state index in [1.165, 1.54) is 0 Å². The molecular formula is C12H18Cl2O4P2. The monoisotopic (exact) mass is 358 g/mol. The maximum Gasteiger partial charge on any atom is 0.184 e. The van der Waals surface area contributed by atoms with Gasteiger partial charge in [0.15, 0.2) is 6.29 Å². The van der Waals surface area contributed by atoms with Crippen molar-refractivity contribution >= 4 is 42.1 Å². The second-order valence-electron chi connectivity index (χ2n) is 4.53. The predicted molar refractivity (Wildman–Crippen MR) is 86.6 cm³/mol. The van der Waals surface area contributed by atoms with Crippen molar-refractivity contribution in [2.45, 2.75) is 31.8 Å². The van der Waals surface area contributed by atoms with Gasteiger partial charge in [0.25, 0.3) is 0 Å². The summed E-state index contributed by atoms with van der Waals surface area (Å²) in [5, 5.41) is 20.7. The molecule has 20 heavy (non-hydrogen) atoms. The summed E-state index contributed by atoms with van der Waals surface area (Å²) in [6.07, 6.45) is -2.02. The topological polar surface area (TPSA) is 58.9 Å². The van der Waals surface area contributed by atoms with E-state index in [2.05, 4.69) is 9.47 Å². The zero-order chi connectivity index (χ0) is 15.3. The van der Waals surface area contributed by atoms with Gasteiger partial charge in [-0.15, -0.1) is 0 Å². The number of aliphatic hydroxyl groups excluding tert-OH is 2. The molecule has 0 aliphatic heterocycles. The molecule has 2 N–H and O–H groups in total. The van der Waals surface area contributed by atoms with Crippen LogP contribution in [0.25, 0.3) is 0 Å². The third kappa shape index (κ3) is 5.05. The normalized spacial score (nSPS) is 17.6. The second kappa shape index (κ2) is 8.82. The highest BCUT2D eigenvalue weighted by atomic mass is 35.5. The third-order valence-corrected chi connectivity index (χ3v) is 4.39. The van der Waals surface area contributed by atoms with Crippen LogP contribution in [0, 0.1) is 5.92 Å². The summed E-state index contributed by atoms with van der Waals surface area (Å²) >= 11 is 11.8. The van der Waals surface area contributed by atoms with Crippen molar-refractivity contribution < 1.29 is 19.3 Å². The van der Waals surface area contributed by atoms with Crippen LogP contribution in [0.15, 0.2) is 18.2 Å². The first-order valence-corrected chi connectivity index (χ1v) is 7.62. The molecule has 0 saturated heterocycles. The van der Waals surface area contributed by atoms with E-state index in [0.29, 0.717) is 22.0 Å². The van der Waals surface area contributed by atoms with Crippen molar-refractivity contribution in [2.24, 2.45) is 5.92 Å². The van der Waals surface area contributed by atoms with Gasteiger partial charge in [0, 0.05) is 18.9 Å². The van der Waals surface area contributed by atoms with Gasteiger partial charge in [-0.05, 0) is 30.0 Å². The Hall–Kier alpha value is 0.500. The molecule has 0 aromatic heterocycles. The van der Waals surface area contributed by atoms with E-state index in [-0.39, 0.29) is 5.92 Å². The number of rotatable bonds is 7. The van der Waals surface area contributed by atoms with Gasteiger partial charge in [-0.3, -0.25) is 0 Å². The Morgan fingerprint density at radius 3 is 2.30 bits per heavy atom. The van der Waals surface area contributed by atoms with Crippen molar-refractivity contribution in [3.63, 3.8) is 0 Å². The average molecular weight is 359 g/mol. The second-order valence-corrected chi connectivity index (χ2v) is 5.89. The molecule has 8 heteroatoms. The van der Waals surface area contributed by atoms with Crippen LogP contribution in [-0.4, -0.2) is 22.6 Å². The summed E-state index contributed by atoms with van der Waals surface area (Å²) in [5.41, 5.74) is 0.662. The van der Waals surface area contributed by atoms with Gasteiger partial charge in [0.1, 0.15) is 6.10 Å². The lowest BCUT2D eigenvalue weighted by molar-refractivity contribution is -0.102. The van der Waals surface area contributed by atoms with E-state index in [4.69, 9.17) is 32.2 Å². The minimum absolute atomic E-state index is 0.146. The lowest BCUT2D eigenvalue weighted by Crippen LogP contribution is -2.33. The molecule has 0 heterocycles. The smallest absolute Gasteiger partial charge is 0.184 e. The van der Waals surface area contributed by atoms with E-state index in [1.807, 2.05) is 16.4 Å². The van der Waals surface area contributed by atoms with Crippen LogP contribution in [-0.2, 0) is 9.05 Å². The molecule has 0 saturated carbocycles. The molecule has 0 fully saturated rings. The molecule has 0 aliphatic rings.